The van der Waals surface area contributed by atoms with E-state index < -0.39 is 4.92 Å². The maximum atomic E-state index is 10.9. The maximum absolute atomic E-state index is 10.9. The van der Waals surface area contributed by atoms with Crippen LogP contribution in [0.2, 0.25) is 5.02 Å². The number of hydrogen-bond donors (Lipinski definition) is 0. The van der Waals surface area contributed by atoms with Gasteiger partial charge < -0.3 is 0 Å². The van der Waals surface area contributed by atoms with Crippen LogP contribution in [0.15, 0.2) is 48.1 Å². The molecular weight excluding hydrogens is 360 g/mol. The summed E-state index contributed by atoms with van der Waals surface area (Å²) in [7, 11) is 0. The molecule has 0 bridgehead atoms. The van der Waals surface area contributed by atoms with Gasteiger partial charge in [0.1, 0.15) is 11.1 Å². The van der Waals surface area contributed by atoms with Crippen molar-refractivity contribution in [2.45, 2.75) is 0 Å². The minimum atomic E-state index is -0.509. The molecule has 0 N–H and O–H groups in total. The Labute approximate surface area is 151 Å². The molecule has 3 aromatic rings. The number of benzene rings is 1. The Kier molecular flexibility index (Phi) is 4.84. The van der Waals surface area contributed by atoms with E-state index in [0.717, 1.165) is 11.3 Å². The molecule has 0 spiro atoms. The lowest BCUT2D eigenvalue weighted by molar-refractivity contribution is -0.384. The first kappa shape index (κ1) is 16.8. The molecule has 122 valence electrons. The highest BCUT2D eigenvalue weighted by Gasteiger charge is 2.12. The lowest BCUT2D eigenvalue weighted by Crippen LogP contribution is -1.89. The summed E-state index contributed by atoms with van der Waals surface area (Å²) in [6.45, 7) is 0. The standard InChI is InChI=1S/C17H9ClN4O2S/c18-15-2-1-14(22(23)24)8-12(15)7-13(9-19)17-21-16(10-25-17)11-3-5-20-6-4-11/h1-8,10H/b13-7+. The van der Waals surface area contributed by atoms with Crippen LogP contribution in [0, 0.1) is 21.4 Å². The SMILES string of the molecule is N#C/C(=C\c1cc([N+](=O)[O-])ccc1Cl)c1nc(-c2ccncc2)cs1. The van der Waals surface area contributed by atoms with Gasteiger partial charge in [-0.05, 0) is 24.3 Å². The van der Waals surface area contributed by atoms with Crippen LogP contribution in [0.4, 0.5) is 5.69 Å². The van der Waals surface area contributed by atoms with Crippen molar-refractivity contribution in [2.24, 2.45) is 0 Å². The Bertz CT molecular complexity index is 1010. The van der Waals surface area contributed by atoms with Crippen LogP contribution in [0.25, 0.3) is 22.9 Å². The summed E-state index contributed by atoms with van der Waals surface area (Å²) in [4.78, 5) is 18.8. The van der Waals surface area contributed by atoms with E-state index in [1.807, 2.05) is 17.5 Å². The molecule has 25 heavy (non-hydrogen) atoms. The maximum Gasteiger partial charge on any atom is 0.270 e. The van der Waals surface area contributed by atoms with E-state index in [4.69, 9.17) is 11.6 Å². The normalized spacial score (nSPS) is 11.1. The van der Waals surface area contributed by atoms with Gasteiger partial charge >= 0.3 is 0 Å². The minimum Gasteiger partial charge on any atom is -0.265 e. The summed E-state index contributed by atoms with van der Waals surface area (Å²) in [5, 5.41) is 23.0. The third-order valence-electron chi connectivity index (χ3n) is 3.32. The first-order valence-electron chi connectivity index (χ1n) is 7.00. The van der Waals surface area contributed by atoms with Crippen molar-refractivity contribution in [1.29, 1.82) is 5.26 Å². The summed E-state index contributed by atoms with van der Waals surface area (Å²) >= 11 is 7.40. The predicted molar refractivity (Wildman–Crippen MR) is 96.9 cm³/mol. The first-order valence-corrected chi connectivity index (χ1v) is 8.26. The molecule has 6 nitrogen and oxygen atoms in total. The van der Waals surface area contributed by atoms with Gasteiger partial charge in [0.2, 0.25) is 0 Å². The zero-order chi connectivity index (χ0) is 17.8. The van der Waals surface area contributed by atoms with Gasteiger partial charge in [-0.15, -0.1) is 11.3 Å². The molecule has 0 saturated heterocycles. The van der Waals surface area contributed by atoms with Crippen molar-refractivity contribution in [1.82, 2.24) is 9.97 Å². The Hall–Kier alpha value is -3.08. The smallest absolute Gasteiger partial charge is 0.265 e. The number of allylic oxidation sites excluding steroid dienone is 1. The van der Waals surface area contributed by atoms with Gasteiger partial charge in [-0.1, -0.05) is 11.6 Å². The number of nitro benzene ring substituents is 1. The molecule has 0 fully saturated rings. The lowest BCUT2D eigenvalue weighted by atomic mass is 10.1. The Balaban J connectivity index is 2.00. The van der Waals surface area contributed by atoms with Crippen molar-refractivity contribution < 1.29 is 4.92 Å². The third-order valence-corrected chi connectivity index (χ3v) is 4.54. The highest BCUT2D eigenvalue weighted by molar-refractivity contribution is 7.11. The Morgan fingerprint density at radius 3 is 2.76 bits per heavy atom. The van der Waals surface area contributed by atoms with Crippen molar-refractivity contribution >= 4 is 40.3 Å². The minimum absolute atomic E-state index is 0.0930. The molecule has 0 aliphatic rings. The number of pyridine rings is 1. The second-order valence-corrected chi connectivity index (χ2v) is 6.17. The van der Waals surface area contributed by atoms with Crippen LogP contribution in [-0.2, 0) is 0 Å². The number of nitro groups is 1. The van der Waals surface area contributed by atoms with Crippen molar-refractivity contribution in [3.63, 3.8) is 0 Å². The Morgan fingerprint density at radius 2 is 2.08 bits per heavy atom. The molecule has 2 heterocycles. The van der Waals surface area contributed by atoms with E-state index in [2.05, 4.69) is 16.0 Å². The number of non-ortho nitro benzene ring substituents is 1. The van der Waals surface area contributed by atoms with E-state index in [-0.39, 0.29) is 11.3 Å². The van der Waals surface area contributed by atoms with Gasteiger partial charge in [-0.25, -0.2) is 4.98 Å². The van der Waals surface area contributed by atoms with E-state index in [1.54, 1.807) is 12.4 Å². The number of nitriles is 1. The zero-order valence-corrected chi connectivity index (χ0v) is 14.2. The quantitative estimate of drug-likeness (QED) is 0.373. The molecule has 0 amide bonds. The number of aromatic nitrogens is 2. The van der Waals surface area contributed by atoms with Crippen molar-refractivity contribution in [2.75, 3.05) is 0 Å². The van der Waals surface area contributed by atoms with Gasteiger partial charge in [0.05, 0.1) is 16.2 Å². The average molecular weight is 369 g/mol. The zero-order valence-electron chi connectivity index (χ0n) is 12.6. The van der Waals surface area contributed by atoms with E-state index >= 15 is 0 Å². The summed E-state index contributed by atoms with van der Waals surface area (Å²) in [5.41, 5.74) is 2.21. The number of rotatable bonds is 4. The highest BCUT2D eigenvalue weighted by atomic mass is 35.5. The van der Waals surface area contributed by atoms with E-state index in [9.17, 15) is 15.4 Å². The van der Waals surface area contributed by atoms with Gasteiger partial charge in [0.25, 0.3) is 5.69 Å². The molecule has 0 radical (unpaired) electrons. The second-order valence-electron chi connectivity index (χ2n) is 4.91. The van der Waals surface area contributed by atoms with Crippen LogP contribution < -0.4 is 0 Å². The van der Waals surface area contributed by atoms with Gasteiger partial charge in [-0.3, -0.25) is 15.1 Å². The number of halogens is 1. The molecule has 0 aliphatic heterocycles. The fourth-order valence-electron chi connectivity index (χ4n) is 2.11. The summed E-state index contributed by atoms with van der Waals surface area (Å²) in [6.07, 6.45) is 4.83. The van der Waals surface area contributed by atoms with Crippen LogP contribution >= 0.6 is 22.9 Å². The van der Waals surface area contributed by atoms with Crippen LogP contribution in [0.5, 0.6) is 0 Å². The molecule has 3 rings (SSSR count). The molecule has 0 saturated carbocycles. The molecule has 1 aromatic carbocycles. The van der Waals surface area contributed by atoms with Crippen molar-refractivity contribution in [3.05, 3.63) is 73.8 Å². The lowest BCUT2D eigenvalue weighted by Gasteiger charge is -2.00. The first-order chi connectivity index (χ1) is 12.1. The molecule has 0 unspecified atom stereocenters. The molecule has 0 aliphatic carbocycles. The fraction of sp³-hybridized carbons (Fsp3) is 0. The van der Waals surface area contributed by atoms with Gasteiger partial charge in [0.15, 0.2) is 0 Å². The Morgan fingerprint density at radius 1 is 1.32 bits per heavy atom. The summed E-state index contributed by atoms with van der Waals surface area (Å²) < 4.78 is 0. The average Bonchev–Trinajstić information content (AvgIpc) is 3.11. The van der Waals surface area contributed by atoms with Gasteiger partial charge in [0, 0.05) is 46.1 Å². The topological polar surface area (TPSA) is 92.7 Å². The van der Waals surface area contributed by atoms with E-state index in [0.29, 0.717) is 15.6 Å². The van der Waals surface area contributed by atoms with Gasteiger partial charge in [-0.2, -0.15) is 5.26 Å². The largest absolute Gasteiger partial charge is 0.270 e. The monoisotopic (exact) mass is 368 g/mol. The van der Waals surface area contributed by atoms with Crippen molar-refractivity contribution in [3.8, 4) is 17.3 Å². The molecule has 0 atom stereocenters. The fourth-order valence-corrected chi connectivity index (χ4v) is 3.07. The second kappa shape index (κ2) is 7.21. The summed E-state index contributed by atoms with van der Waals surface area (Å²) in [6, 6.07) is 9.81. The van der Waals surface area contributed by atoms with E-state index in [1.165, 1.54) is 35.6 Å². The van der Waals surface area contributed by atoms with Crippen LogP contribution in [0.3, 0.4) is 0 Å². The molecular formula is C17H9ClN4O2S. The number of hydrogen-bond acceptors (Lipinski definition) is 6. The highest BCUT2D eigenvalue weighted by Crippen LogP contribution is 2.29. The molecule has 2 aromatic heterocycles. The van der Waals surface area contributed by atoms with Crippen LogP contribution in [0.1, 0.15) is 10.6 Å². The number of thiazole rings is 1. The predicted octanol–water partition coefficient (Wildman–Crippen LogP) is 4.83. The molecule has 8 heteroatoms. The van der Waals surface area contributed by atoms with Crippen LogP contribution in [-0.4, -0.2) is 14.9 Å². The number of nitrogens with zero attached hydrogens (tertiary/aromatic N) is 4. The summed E-state index contributed by atoms with van der Waals surface area (Å²) in [5.74, 6) is 0. The third kappa shape index (κ3) is 3.71.